The molecule has 1 aromatic carbocycles. The van der Waals surface area contributed by atoms with Gasteiger partial charge >= 0.3 is 5.97 Å². The highest BCUT2D eigenvalue weighted by molar-refractivity contribution is 8.00. The van der Waals surface area contributed by atoms with Gasteiger partial charge in [0.15, 0.2) is 0 Å². The molecule has 3 rings (SSSR count). The van der Waals surface area contributed by atoms with E-state index in [1.54, 1.807) is 0 Å². The minimum atomic E-state index is -0.740. The lowest BCUT2D eigenvalue weighted by molar-refractivity contribution is -0.133. The number of fused-ring (bicyclic) bond motifs is 1. The van der Waals surface area contributed by atoms with E-state index in [0.717, 1.165) is 25.0 Å². The number of hydrogen-bond donors (Lipinski definition) is 1. The Morgan fingerprint density at radius 1 is 1.45 bits per heavy atom. The van der Waals surface area contributed by atoms with Crippen molar-refractivity contribution in [2.75, 3.05) is 5.75 Å². The van der Waals surface area contributed by atoms with Crippen molar-refractivity contribution in [2.45, 2.75) is 49.9 Å². The number of hydrogen-bond acceptors (Lipinski definition) is 3. The molecule has 20 heavy (non-hydrogen) atoms. The third-order valence-corrected chi connectivity index (χ3v) is 5.56. The van der Waals surface area contributed by atoms with Gasteiger partial charge in [0, 0.05) is 17.2 Å². The third-order valence-electron chi connectivity index (χ3n) is 4.32. The molecule has 1 N–H and O–H groups in total. The van der Waals surface area contributed by atoms with E-state index in [1.165, 1.54) is 35.7 Å². The predicted octanol–water partition coefficient (Wildman–Crippen LogP) is 3.95. The molecule has 1 aromatic rings. The highest BCUT2D eigenvalue weighted by atomic mass is 32.2. The first-order chi connectivity index (χ1) is 9.58. The van der Waals surface area contributed by atoms with Crippen LogP contribution in [0.3, 0.4) is 0 Å². The SMILES string of the molecule is Cc1ccc2c(c1)C(SCC(=O)O)CC1(CCCC1)O2. The molecule has 0 amide bonds. The van der Waals surface area contributed by atoms with Gasteiger partial charge in [-0.05, 0) is 38.7 Å². The average molecular weight is 292 g/mol. The zero-order valence-electron chi connectivity index (χ0n) is 11.7. The number of aryl methyl sites for hydroxylation is 1. The van der Waals surface area contributed by atoms with Crippen molar-refractivity contribution in [1.82, 2.24) is 0 Å². The van der Waals surface area contributed by atoms with Crippen molar-refractivity contribution in [2.24, 2.45) is 0 Å². The highest BCUT2D eigenvalue weighted by Gasteiger charge is 2.43. The van der Waals surface area contributed by atoms with Crippen LogP contribution in [0.1, 0.15) is 48.5 Å². The second kappa shape index (κ2) is 5.32. The Morgan fingerprint density at radius 3 is 2.90 bits per heavy atom. The number of ether oxygens (including phenoxy) is 1. The molecule has 4 heteroatoms. The largest absolute Gasteiger partial charge is 0.487 e. The van der Waals surface area contributed by atoms with Gasteiger partial charge in [0.05, 0.1) is 5.75 Å². The van der Waals surface area contributed by atoms with Crippen molar-refractivity contribution in [3.8, 4) is 5.75 Å². The molecule has 108 valence electrons. The van der Waals surface area contributed by atoms with E-state index in [1.807, 2.05) is 0 Å². The number of carbonyl (C=O) groups is 1. The van der Waals surface area contributed by atoms with E-state index in [-0.39, 0.29) is 16.6 Å². The molecule has 1 fully saturated rings. The number of thioether (sulfide) groups is 1. The molecule has 1 unspecified atom stereocenters. The molecule has 0 radical (unpaired) electrons. The van der Waals surface area contributed by atoms with Crippen LogP contribution in [-0.4, -0.2) is 22.4 Å². The normalized spacial score (nSPS) is 23.4. The summed E-state index contributed by atoms with van der Waals surface area (Å²) >= 11 is 1.54. The molecule has 1 aliphatic heterocycles. The third kappa shape index (κ3) is 2.66. The van der Waals surface area contributed by atoms with Crippen molar-refractivity contribution < 1.29 is 14.6 Å². The first kappa shape index (κ1) is 13.8. The molecule has 0 aromatic heterocycles. The molecule has 2 aliphatic rings. The maximum absolute atomic E-state index is 10.9. The zero-order valence-corrected chi connectivity index (χ0v) is 12.5. The summed E-state index contributed by atoms with van der Waals surface area (Å²) in [6, 6.07) is 6.28. The number of carboxylic acids is 1. The Labute approximate surface area is 123 Å². The van der Waals surface area contributed by atoms with Gasteiger partial charge in [0.2, 0.25) is 0 Å². The second-order valence-electron chi connectivity index (χ2n) is 5.93. The van der Waals surface area contributed by atoms with E-state index >= 15 is 0 Å². The fourth-order valence-electron chi connectivity index (χ4n) is 3.38. The smallest absolute Gasteiger partial charge is 0.313 e. The summed E-state index contributed by atoms with van der Waals surface area (Å²) in [5.41, 5.74) is 2.34. The van der Waals surface area contributed by atoms with Gasteiger partial charge in [-0.2, -0.15) is 0 Å². The van der Waals surface area contributed by atoms with Crippen LogP contribution in [0.4, 0.5) is 0 Å². The van der Waals surface area contributed by atoms with Gasteiger partial charge in [0.25, 0.3) is 0 Å². The average Bonchev–Trinajstić information content (AvgIpc) is 2.85. The Balaban J connectivity index is 1.90. The molecule has 1 spiro atoms. The maximum atomic E-state index is 10.9. The van der Waals surface area contributed by atoms with Gasteiger partial charge in [-0.1, -0.05) is 17.7 Å². The van der Waals surface area contributed by atoms with E-state index in [4.69, 9.17) is 9.84 Å². The number of aliphatic carboxylic acids is 1. The second-order valence-corrected chi connectivity index (χ2v) is 7.12. The molecule has 3 nitrogen and oxygen atoms in total. The van der Waals surface area contributed by atoms with Crippen LogP contribution < -0.4 is 4.74 Å². The quantitative estimate of drug-likeness (QED) is 0.916. The van der Waals surface area contributed by atoms with Gasteiger partial charge in [0.1, 0.15) is 11.4 Å². The Morgan fingerprint density at radius 2 is 2.20 bits per heavy atom. The van der Waals surface area contributed by atoms with E-state index in [0.29, 0.717) is 0 Å². The monoisotopic (exact) mass is 292 g/mol. The fourth-order valence-corrected chi connectivity index (χ4v) is 4.51. The standard InChI is InChI=1S/C16H20O3S/c1-11-4-5-13-12(8-11)14(20-10-15(17)18)9-16(19-13)6-2-3-7-16/h4-5,8,14H,2-3,6-7,9-10H2,1H3,(H,17,18). The van der Waals surface area contributed by atoms with E-state index in [2.05, 4.69) is 25.1 Å². The van der Waals surface area contributed by atoms with Gasteiger partial charge in [-0.25, -0.2) is 0 Å². The number of carboxylic acid groups (broad SMARTS) is 1. The lowest BCUT2D eigenvalue weighted by Gasteiger charge is -2.40. The molecular formula is C16H20O3S. The molecule has 1 atom stereocenters. The minimum absolute atomic E-state index is 0.0432. The summed E-state index contributed by atoms with van der Waals surface area (Å²) in [6.45, 7) is 2.07. The Bertz CT molecular complexity index is 520. The molecule has 1 heterocycles. The van der Waals surface area contributed by atoms with Crippen molar-refractivity contribution >= 4 is 17.7 Å². The number of benzene rings is 1. The lowest BCUT2D eigenvalue weighted by atomic mass is 9.88. The van der Waals surface area contributed by atoms with Crippen LogP contribution in [-0.2, 0) is 4.79 Å². The summed E-state index contributed by atoms with van der Waals surface area (Å²) in [5.74, 6) is 0.386. The van der Waals surface area contributed by atoms with Crippen LogP contribution >= 0.6 is 11.8 Å². The Hall–Kier alpha value is -1.16. The van der Waals surface area contributed by atoms with Crippen LogP contribution in [0.25, 0.3) is 0 Å². The van der Waals surface area contributed by atoms with E-state index < -0.39 is 5.97 Å². The first-order valence-corrected chi connectivity index (χ1v) is 8.26. The molecule has 0 saturated heterocycles. The summed E-state index contributed by atoms with van der Waals surface area (Å²) in [4.78, 5) is 10.9. The molecule has 1 aliphatic carbocycles. The highest BCUT2D eigenvalue weighted by Crippen LogP contribution is 2.51. The van der Waals surface area contributed by atoms with Gasteiger partial charge < -0.3 is 9.84 Å². The number of rotatable bonds is 3. The minimum Gasteiger partial charge on any atom is -0.487 e. The summed E-state index contributed by atoms with van der Waals surface area (Å²) in [7, 11) is 0. The van der Waals surface area contributed by atoms with Crippen LogP contribution in [0.2, 0.25) is 0 Å². The summed E-state index contributed by atoms with van der Waals surface area (Å²) in [5, 5.41) is 9.19. The Kier molecular flexibility index (Phi) is 3.67. The van der Waals surface area contributed by atoms with Crippen molar-refractivity contribution in [3.05, 3.63) is 29.3 Å². The van der Waals surface area contributed by atoms with Crippen molar-refractivity contribution in [1.29, 1.82) is 0 Å². The molecular weight excluding hydrogens is 272 g/mol. The van der Waals surface area contributed by atoms with Crippen LogP contribution in [0, 0.1) is 6.92 Å². The lowest BCUT2D eigenvalue weighted by Crippen LogP contribution is -2.37. The molecule has 1 saturated carbocycles. The van der Waals surface area contributed by atoms with E-state index in [9.17, 15) is 4.79 Å². The first-order valence-electron chi connectivity index (χ1n) is 7.21. The maximum Gasteiger partial charge on any atom is 0.313 e. The van der Waals surface area contributed by atoms with Gasteiger partial charge in [-0.3, -0.25) is 4.79 Å². The van der Waals surface area contributed by atoms with Crippen LogP contribution in [0.5, 0.6) is 5.75 Å². The van der Waals surface area contributed by atoms with Crippen LogP contribution in [0.15, 0.2) is 18.2 Å². The topological polar surface area (TPSA) is 46.5 Å². The van der Waals surface area contributed by atoms with Crippen molar-refractivity contribution in [3.63, 3.8) is 0 Å². The summed E-state index contributed by atoms with van der Waals surface area (Å²) in [6.07, 6.45) is 5.59. The van der Waals surface area contributed by atoms with Gasteiger partial charge in [-0.15, -0.1) is 11.8 Å². The predicted molar refractivity (Wildman–Crippen MR) is 80.5 cm³/mol. The fraction of sp³-hybridized carbons (Fsp3) is 0.562. The summed E-state index contributed by atoms with van der Waals surface area (Å²) < 4.78 is 6.31. The zero-order chi connectivity index (χ0) is 14.2. The molecule has 0 bridgehead atoms.